The number of nitrogens with two attached hydrogens (primary N) is 1. The van der Waals surface area contributed by atoms with Gasteiger partial charge < -0.3 is 11.1 Å². The van der Waals surface area contributed by atoms with Gasteiger partial charge in [-0.1, -0.05) is 46.3 Å². The molecule has 1 heterocycles. The van der Waals surface area contributed by atoms with E-state index in [1.807, 2.05) is 43.3 Å². The summed E-state index contributed by atoms with van der Waals surface area (Å²) >= 11 is 3.43. The highest BCUT2D eigenvalue weighted by molar-refractivity contribution is 9.10. The van der Waals surface area contributed by atoms with E-state index in [1.165, 1.54) is 5.56 Å². The van der Waals surface area contributed by atoms with E-state index in [1.54, 1.807) is 0 Å². The number of rotatable bonds is 4. The van der Waals surface area contributed by atoms with Gasteiger partial charge in [-0.2, -0.15) is 0 Å². The van der Waals surface area contributed by atoms with Crippen molar-refractivity contribution in [3.05, 3.63) is 64.1 Å². The molecule has 0 unspecified atom stereocenters. The molecule has 3 N–H and O–H groups in total. The maximum Gasteiger partial charge on any atom is 0.238 e. The average molecular weight is 425 g/mol. The van der Waals surface area contributed by atoms with Gasteiger partial charge in [-0.25, -0.2) is 0 Å². The molecule has 4 nitrogen and oxygen atoms in total. The number of nitrogens with one attached hydrogen (secondary N) is 1. The number of benzene rings is 2. The Morgan fingerprint density at radius 2 is 1.96 bits per heavy atom. The van der Waals surface area contributed by atoms with E-state index in [0.717, 1.165) is 28.8 Å². The van der Waals surface area contributed by atoms with Crippen molar-refractivity contribution in [3.63, 3.8) is 0 Å². The molecule has 1 aliphatic heterocycles. The zero-order valence-electron chi connectivity index (χ0n) is 14.1. The Labute approximate surface area is 163 Å². The van der Waals surface area contributed by atoms with Gasteiger partial charge in [0.1, 0.15) is 0 Å². The Bertz CT molecular complexity index is 726. The number of aryl methyl sites for hydroxylation is 1. The van der Waals surface area contributed by atoms with Crippen LogP contribution in [0.5, 0.6) is 0 Å². The minimum Gasteiger partial charge on any atom is -0.326 e. The van der Waals surface area contributed by atoms with Crippen molar-refractivity contribution in [1.29, 1.82) is 0 Å². The summed E-state index contributed by atoms with van der Waals surface area (Å²) in [4.78, 5) is 14.5. The van der Waals surface area contributed by atoms with E-state index in [9.17, 15) is 4.79 Å². The molecule has 2 atom stereocenters. The number of halogens is 2. The van der Waals surface area contributed by atoms with Crippen molar-refractivity contribution < 1.29 is 4.79 Å². The molecule has 0 spiro atoms. The predicted octanol–water partition coefficient (Wildman–Crippen LogP) is 3.54. The molecular weight excluding hydrogens is 402 g/mol. The summed E-state index contributed by atoms with van der Waals surface area (Å²) in [7, 11) is 0. The lowest BCUT2D eigenvalue weighted by Gasteiger charge is -2.16. The van der Waals surface area contributed by atoms with Crippen LogP contribution in [-0.2, 0) is 4.79 Å². The number of nitrogens with zero attached hydrogens (tertiary/aromatic N) is 1. The van der Waals surface area contributed by atoms with Crippen molar-refractivity contribution in [2.24, 2.45) is 5.73 Å². The molecule has 25 heavy (non-hydrogen) atoms. The van der Waals surface area contributed by atoms with Crippen LogP contribution >= 0.6 is 28.3 Å². The van der Waals surface area contributed by atoms with Gasteiger partial charge in [-0.3, -0.25) is 9.69 Å². The first-order valence-electron chi connectivity index (χ1n) is 8.12. The van der Waals surface area contributed by atoms with E-state index < -0.39 is 0 Å². The first-order chi connectivity index (χ1) is 11.5. The van der Waals surface area contributed by atoms with Gasteiger partial charge in [0.05, 0.1) is 6.54 Å². The lowest BCUT2D eigenvalue weighted by molar-refractivity contribution is -0.117. The lowest BCUT2D eigenvalue weighted by Crippen LogP contribution is -2.33. The normalized spacial score (nSPS) is 20.1. The second kappa shape index (κ2) is 8.81. The van der Waals surface area contributed by atoms with Crippen LogP contribution in [-0.4, -0.2) is 36.5 Å². The second-order valence-electron chi connectivity index (χ2n) is 6.38. The highest BCUT2D eigenvalue weighted by Crippen LogP contribution is 2.26. The zero-order valence-corrected chi connectivity index (χ0v) is 16.5. The number of anilines is 1. The summed E-state index contributed by atoms with van der Waals surface area (Å²) in [5.74, 6) is 0.287. The number of carbonyl (C=O) groups is 1. The van der Waals surface area contributed by atoms with Gasteiger partial charge in [-0.05, 0) is 36.2 Å². The van der Waals surface area contributed by atoms with Crippen molar-refractivity contribution in [2.45, 2.75) is 18.9 Å². The van der Waals surface area contributed by atoms with Crippen molar-refractivity contribution >= 4 is 39.9 Å². The fourth-order valence-corrected chi connectivity index (χ4v) is 3.73. The maximum absolute atomic E-state index is 12.4. The van der Waals surface area contributed by atoms with Gasteiger partial charge >= 0.3 is 0 Å². The molecule has 6 heteroatoms. The summed E-state index contributed by atoms with van der Waals surface area (Å²) in [5, 5.41) is 2.99. The molecule has 0 bridgehead atoms. The highest BCUT2D eigenvalue weighted by atomic mass is 79.9. The average Bonchev–Trinajstić information content (AvgIpc) is 2.91. The van der Waals surface area contributed by atoms with Gasteiger partial charge in [0.25, 0.3) is 0 Å². The van der Waals surface area contributed by atoms with Crippen LogP contribution in [0.2, 0.25) is 0 Å². The maximum atomic E-state index is 12.4. The third-order valence-corrected chi connectivity index (χ3v) is 4.99. The number of hydrogen-bond donors (Lipinski definition) is 2. The van der Waals surface area contributed by atoms with E-state index in [-0.39, 0.29) is 30.3 Å². The minimum absolute atomic E-state index is 0. The topological polar surface area (TPSA) is 58.4 Å². The number of carbonyl (C=O) groups excluding carboxylic acids is 1. The highest BCUT2D eigenvalue weighted by Gasteiger charge is 2.31. The summed E-state index contributed by atoms with van der Waals surface area (Å²) in [6, 6.07) is 16.2. The molecule has 1 aliphatic rings. The third kappa shape index (κ3) is 5.05. The van der Waals surface area contributed by atoms with E-state index in [2.05, 4.69) is 38.3 Å². The SMILES string of the molecule is Cc1cc(Br)ccc1NC(=O)CN1C[C@@H](N)[C@H](c2ccccc2)C1.Cl. The minimum atomic E-state index is 0. The first-order valence-corrected chi connectivity index (χ1v) is 8.91. The van der Waals surface area contributed by atoms with Crippen LogP contribution < -0.4 is 11.1 Å². The Kier molecular flexibility index (Phi) is 7.02. The quantitative estimate of drug-likeness (QED) is 0.789. The van der Waals surface area contributed by atoms with Crippen LogP contribution in [0.25, 0.3) is 0 Å². The number of hydrogen-bond acceptors (Lipinski definition) is 3. The van der Waals surface area contributed by atoms with Crippen LogP contribution in [0, 0.1) is 6.92 Å². The van der Waals surface area contributed by atoms with Crippen LogP contribution in [0.4, 0.5) is 5.69 Å². The summed E-state index contributed by atoms with van der Waals surface area (Å²) in [6.07, 6.45) is 0. The summed E-state index contributed by atoms with van der Waals surface area (Å²) < 4.78 is 1.01. The molecule has 2 aromatic rings. The first kappa shape index (κ1) is 19.9. The van der Waals surface area contributed by atoms with Gasteiger partial charge in [0, 0.05) is 35.2 Å². The van der Waals surface area contributed by atoms with Gasteiger partial charge in [0.2, 0.25) is 5.91 Å². The fraction of sp³-hybridized carbons (Fsp3) is 0.316. The molecule has 0 radical (unpaired) electrons. The smallest absolute Gasteiger partial charge is 0.238 e. The van der Waals surface area contributed by atoms with E-state index in [4.69, 9.17) is 5.73 Å². The molecule has 1 fully saturated rings. The Morgan fingerprint density at radius 1 is 1.24 bits per heavy atom. The molecule has 0 saturated carbocycles. The Balaban J connectivity index is 0.00000225. The molecule has 134 valence electrons. The second-order valence-corrected chi connectivity index (χ2v) is 7.30. The monoisotopic (exact) mass is 423 g/mol. The van der Waals surface area contributed by atoms with Crippen LogP contribution in [0.3, 0.4) is 0 Å². The predicted molar refractivity (Wildman–Crippen MR) is 108 cm³/mol. The molecule has 0 aliphatic carbocycles. The van der Waals surface area contributed by atoms with Crippen molar-refractivity contribution in [1.82, 2.24) is 4.90 Å². The number of likely N-dealkylation sites (tertiary alicyclic amines) is 1. The molecule has 2 aromatic carbocycles. The van der Waals surface area contributed by atoms with Gasteiger partial charge in [0.15, 0.2) is 0 Å². The standard InChI is InChI=1S/C19H22BrN3O.ClH/c1-13-9-15(20)7-8-18(13)22-19(24)12-23-10-16(17(21)11-23)14-5-3-2-4-6-14;/h2-9,16-17H,10-12,21H2,1H3,(H,22,24);1H/t16-,17+;/m0./s1. The van der Waals surface area contributed by atoms with E-state index >= 15 is 0 Å². The Hall–Kier alpha value is -1.40. The summed E-state index contributed by atoms with van der Waals surface area (Å²) in [6.45, 7) is 3.91. The van der Waals surface area contributed by atoms with Gasteiger partial charge in [-0.15, -0.1) is 12.4 Å². The zero-order chi connectivity index (χ0) is 17.1. The van der Waals surface area contributed by atoms with Crippen molar-refractivity contribution in [2.75, 3.05) is 25.0 Å². The largest absolute Gasteiger partial charge is 0.326 e. The molecule has 1 amide bonds. The fourth-order valence-electron chi connectivity index (χ4n) is 3.26. The summed E-state index contributed by atoms with van der Waals surface area (Å²) in [5.41, 5.74) is 9.43. The van der Waals surface area contributed by atoms with Crippen molar-refractivity contribution in [3.8, 4) is 0 Å². The third-order valence-electron chi connectivity index (χ3n) is 4.50. The lowest BCUT2D eigenvalue weighted by atomic mass is 9.95. The Morgan fingerprint density at radius 3 is 2.64 bits per heavy atom. The number of amides is 1. The molecule has 1 saturated heterocycles. The molecular formula is C19H23BrClN3O. The van der Waals surface area contributed by atoms with Crippen LogP contribution in [0.15, 0.2) is 53.0 Å². The van der Waals surface area contributed by atoms with E-state index in [0.29, 0.717) is 6.54 Å². The van der Waals surface area contributed by atoms with Crippen LogP contribution in [0.1, 0.15) is 17.0 Å². The molecule has 0 aromatic heterocycles. The molecule has 3 rings (SSSR count).